The number of nitrogens with zero attached hydrogens (tertiary/aromatic N) is 4. The van der Waals surface area contributed by atoms with Crippen molar-refractivity contribution in [3.63, 3.8) is 0 Å². The van der Waals surface area contributed by atoms with E-state index in [0.717, 1.165) is 4.09 Å². The predicted octanol–water partition coefficient (Wildman–Crippen LogP) is 0.263. The monoisotopic (exact) mass is 265 g/mol. The molecule has 2 aromatic rings. The van der Waals surface area contributed by atoms with Crippen LogP contribution in [0.3, 0.4) is 0 Å². The molecule has 0 bridgehead atoms. The Kier molecular flexibility index (Phi) is 2.34. The van der Waals surface area contributed by atoms with Gasteiger partial charge in [-0.2, -0.15) is 4.98 Å². The lowest BCUT2D eigenvalue weighted by molar-refractivity contribution is 0.580. The van der Waals surface area contributed by atoms with Crippen molar-refractivity contribution >= 4 is 16.0 Å². The first-order valence-electron chi connectivity index (χ1n) is 5.46. The standard InChI is InChI=1S/C10H11N5O2S/c11-10-13-9(7-3-5-12-6-4-7)14-15(10)18(16,17)8-1-2-8/h3-6,8H,1-2H2,(H2,11,13,14). The minimum absolute atomic E-state index is 0.103. The average Bonchev–Trinajstić information content (AvgIpc) is 3.14. The fraction of sp³-hybridized carbons (Fsp3) is 0.300. The molecule has 2 aromatic heterocycles. The van der Waals surface area contributed by atoms with E-state index in [4.69, 9.17) is 5.73 Å². The molecule has 0 atom stereocenters. The molecule has 1 fully saturated rings. The SMILES string of the molecule is Nc1nc(-c2ccncc2)nn1S(=O)(=O)C1CC1. The molecule has 0 spiro atoms. The third-order valence-corrected chi connectivity index (χ3v) is 4.79. The van der Waals surface area contributed by atoms with E-state index in [9.17, 15) is 8.42 Å². The molecule has 1 aliphatic rings. The molecule has 0 aromatic carbocycles. The largest absolute Gasteiger partial charge is 0.367 e. The van der Waals surface area contributed by atoms with Crippen LogP contribution >= 0.6 is 0 Å². The fourth-order valence-corrected chi connectivity index (χ4v) is 3.14. The molecule has 0 unspecified atom stereocenters. The van der Waals surface area contributed by atoms with Crippen molar-refractivity contribution in [1.29, 1.82) is 0 Å². The average molecular weight is 265 g/mol. The van der Waals surface area contributed by atoms with Gasteiger partial charge in [-0.15, -0.1) is 9.19 Å². The van der Waals surface area contributed by atoms with Crippen molar-refractivity contribution in [3.05, 3.63) is 24.5 Å². The van der Waals surface area contributed by atoms with Crippen molar-refractivity contribution in [2.24, 2.45) is 0 Å². The molecule has 2 heterocycles. The first-order valence-corrected chi connectivity index (χ1v) is 6.96. The summed E-state index contributed by atoms with van der Waals surface area (Å²) in [5.74, 6) is 0.188. The molecule has 0 aliphatic heterocycles. The fourth-order valence-electron chi connectivity index (χ4n) is 1.63. The lowest BCUT2D eigenvalue weighted by Gasteiger charge is -2.01. The third kappa shape index (κ3) is 1.74. The first-order chi connectivity index (χ1) is 8.59. The number of anilines is 1. The van der Waals surface area contributed by atoms with Crippen LogP contribution in [-0.2, 0) is 10.0 Å². The molecule has 1 aliphatic carbocycles. The zero-order valence-corrected chi connectivity index (χ0v) is 10.2. The van der Waals surface area contributed by atoms with E-state index in [1.54, 1.807) is 24.5 Å². The topological polar surface area (TPSA) is 104 Å². The highest BCUT2D eigenvalue weighted by molar-refractivity contribution is 7.90. The summed E-state index contributed by atoms with van der Waals surface area (Å²) in [5, 5.41) is 3.61. The minimum Gasteiger partial charge on any atom is -0.367 e. The summed E-state index contributed by atoms with van der Waals surface area (Å²) in [6.07, 6.45) is 4.49. The number of nitrogens with two attached hydrogens (primary N) is 1. The number of rotatable bonds is 3. The van der Waals surface area contributed by atoms with Crippen LogP contribution in [-0.4, -0.2) is 32.8 Å². The van der Waals surface area contributed by atoms with Crippen LogP contribution in [0.5, 0.6) is 0 Å². The van der Waals surface area contributed by atoms with Crippen LogP contribution in [0, 0.1) is 0 Å². The summed E-state index contributed by atoms with van der Waals surface area (Å²) in [6.45, 7) is 0. The van der Waals surface area contributed by atoms with E-state index in [0.29, 0.717) is 24.2 Å². The van der Waals surface area contributed by atoms with E-state index in [1.807, 2.05) is 0 Å². The number of pyridine rings is 1. The van der Waals surface area contributed by atoms with E-state index >= 15 is 0 Å². The number of hydrogen-bond donors (Lipinski definition) is 1. The molecule has 3 rings (SSSR count). The van der Waals surface area contributed by atoms with Crippen LogP contribution in [0.25, 0.3) is 11.4 Å². The Morgan fingerprint density at radius 1 is 1.28 bits per heavy atom. The van der Waals surface area contributed by atoms with E-state index < -0.39 is 10.0 Å². The lowest BCUT2D eigenvalue weighted by atomic mass is 10.3. The molecule has 94 valence electrons. The lowest BCUT2D eigenvalue weighted by Crippen LogP contribution is -2.20. The highest BCUT2D eigenvalue weighted by Gasteiger charge is 2.39. The number of nitrogen functional groups attached to an aromatic ring is 1. The second-order valence-corrected chi connectivity index (χ2v) is 6.16. The molecule has 0 radical (unpaired) electrons. The Hall–Kier alpha value is -1.96. The zero-order valence-electron chi connectivity index (χ0n) is 9.39. The number of aromatic nitrogens is 4. The molecule has 7 nitrogen and oxygen atoms in total. The highest BCUT2D eigenvalue weighted by Crippen LogP contribution is 2.31. The van der Waals surface area contributed by atoms with Gasteiger partial charge in [0.25, 0.3) is 10.0 Å². The Labute approximate surface area is 104 Å². The van der Waals surface area contributed by atoms with E-state index in [-0.39, 0.29) is 11.2 Å². The second-order valence-electron chi connectivity index (χ2n) is 4.12. The van der Waals surface area contributed by atoms with Gasteiger partial charge in [-0.25, -0.2) is 8.42 Å². The van der Waals surface area contributed by atoms with E-state index in [2.05, 4.69) is 15.1 Å². The Morgan fingerprint density at radius 2 is 1.94 bits per heavy atom. The maximum Gasteiger partial charge on any atom is 0.259 e. The van der Waals surface area contributed by atoms with Gasteiger partial charge in [0.15, 0.2) is 5.82 Å². The van der Waals surface area contributed by atoms with Crippen molar-refractivity contribution in [3.8, 4) is 11.4 Å². The summed E-state index contributed by atoms with van der Waals surface area (Å²) in [6, 6.07) is 3.39. The van der Waals surface area contributed by atoms with Gasteiger partial charge in [-0.3, -0.25) is 4.98 Å². The normalized spacial score (nSPS) is 15.8. The van der Waals surface area contributed by atoms with Gasteiger partial charge in [0.2, 0.25) is 5.95 Å². The van der Waals surface area contributed by atoms with Gasteiger partial charge in [0.05, 0.1) is 5.25 Å². The summed E-state index contributed by atoms with van der Waals surface area (Å²) in [5.41, 5.74) is 6.31. The summed E-state index contributed by atoms with van der Waals surface area (Å²) >= 11 is 0. The molecule has 8 heteroatoms. The van der Waals surface area contributed by atoms with Crippen LogP contribution in [0.2, 0.25) is 0 Å². The van der Waals surface area contributed by atoms with Crippen LogP contribution < -0.4 is 5.73 Å². The zero-order chi connectivity index (χ0) is 12.8. The van der Waals surface area contributed by atoms with Crippen molar-refractivity contribution in [1.82, 2.24) is 19.2 Å². The Bertz CT molecular complexity index is 676. The van der Waals surface area contributed by atoms with Gasteiger partial charge in [0.1, 0.15) is 0 Å². The first kappa shape index (κ1) is 11.1. The maximum absolute atomic E-state index is 12.0. The Balaban J connectivity index is 2.07. The molecular formula is C10H11N5O2S. The van der Waals surface area contributed by atoms with E-state index in [1.165, 1.54) is 0 Å². The van der Waals surface area contributed by atoms with Crippen LogP contribution in [0.15, 0.2) is 24.5 Å². The van der Waals surface area contributed by atoms with Gasteiger partial charge < -0.3 is 5.73 Å². The number of hydrogen-bond acceptors (Lipinski definition) is 6. The molecule has 1 saturated carbocycles. The summed E-state index contributed by atoms with van der Waals surface area (Å²) in [4.78, 5) is 7.86. The van der Waals surface area contributed by atoms with Gasteiger partial charge >= 0.3 is 0 Å². The van der Waals surface area contributed by atoms with Crippen LogP contribution in [0.1, 0.15) is 12.8 Å². The van der Waals surface area contributed by atoms with Gasteiger partial charge in [-0.05, 0) is 25.0 Å². The molecular weight excluding hydrogens is 254 g/mol. The van der Waals surface area contributed by atoms with Crippen LogP contribution in [0.4, 0.5) is 5.95 Å². The molecule has 0 amide bonds. The van der Waals surface area contributed by atoms with Crippen molar-refractivity contribution in [2.45, 2.75) is 18.1 Å². The molecule has 0 saturated heterocycles. The van der Waals surface area contributed by atoms with Gasteiger partial charge in [0, 0.05) is 18.0 Å². The second kappa shape index (κ2) is 3.77. The summed E-state index contributed by atoms with van der Waals surface area (Å²) in [7, 11) is -3.48. The van der Waals surface area contributed by atoms with Gasteiger partial charge in [-0.1, -0.05) is 0 Å². The smallest absolute Gasteiger partial charge is 0.259 e. The summed E-state index contributed by atoms with van der Waals surface area (Å²) < 4.78 is 24.9. The Morgan fingerprint density at radius 3 is 2.56 bits per heavy atom. The highest BCUT2D eigenvalue weighted by atomic mass is 32.2. The van der Waals surface area contributed by atoms with Crippen molar-refractivity contribution < 1.29 is 8.42 Å². The minimum atomic E-state index is -3.48. The third-order valence-electron chi connectivity index (χ3n) is 2.73. The molecule has 18 heavy (non-hydrogen) atoms. The quantitative estimate of drug-likeness (QED) is 0.853. The predicted molar refractivity (Wildman–Crippen MR) is 65.0 cm³/mol. The van der Waals surface area contributed by atoms with Crippen molar-refractivity contribution in [2.75, 3.05) is 5.73 Å². The molecule has 2 N–H and O–H groups in total. The maximum atomic E-state index is 12.0.